The summed E-state index contributed by atoms with van der Waals surface area (Å²) in [5.74, 6) is 0.676. The first-order valence-corrected chi connectivity index (χ1v) is 5.70. The molecule has 0 aliphatic carbocycles. The maximum atomic E-state index is 11.5. The molecule has 5 nitrogen and oxygen atoms in total. The van der Waals surface area contributed by atoms with Crippen molar-refractivity contribution in [3.8, 4) is 12.3 Å². The lowest BCUT2D eigenvalue weighted by molar-refractivity contribution is -0.255. The van der Waals surface area contributed by atoms with Crippen molar-refractivity contribution >= 4 is 16.0 Å². The lowest BCUT2D eigenvalue weighted by atomic mass is 10.2. The van der Waals surface area contributed by atoms with E-state index in [0.717, 1.165) is 6.07 Å². The van der Waals surface area contributed by atoms with E-state index in [1.54, 1.807) is 0 Å². The summed E-state index contributed by atoms with van der Waals surface area (Å²) < 4.78 is 25.2. The van der Waals surface area contributed by atoms with Crippen LogP contribution < -0.4 is 9.83 Å². The van der Waals surface area contributed by atoms with E-state index in [9.17, 15) is 18.3 Å². The summed E-state index contributed by atoms with van der Waals surface area (Å²) in [4.78, 5) is 10.4. The maximum Gasteiger partial charge on any atom is 0.241 e. The van der Waals surface area contributed by atoms with Gasteiger partial charge in [0, 0.05) is 0 Å². The molecule has 0 amide bonds. The van der Waals surface area contributed by atoms with Crippen molar-refractivity contribution in [3.05, 3.63) is 29.8 Å². The molecule has 16 heavy (non-hydrogen) atoms. The summed E-state index contributed by atoms with van der Waals surface area (Å²) >= 11 is 0. The van der Waals surface area contributed by atoms with Crippen LogP contribution in [0.2, 0.25) is 0 Å². The number of nitrogens with one attached hydrogen (secondary N) is 1. The number of benzene rings is 1. The number of carboxylic acids is 1. The maximum absolute atomic E-state index is 11.5. The molecular formula is C10H8NO4S-. The zero-order valence-corrected chi connectivity index (χ0v) is 8.95. The molecule has 0 atom stereocenters. The van der Waals surface area contributed by atoms with E-state index in [4.69, 9.17) is 6.42 Å². The minimum atomic E-state index is -3.76. The third-order valence-electron chi connectivity index (χ3n) is 1.74. The summed E-state index contributed by atoms with van der Waals surface area (Å²) in [6, 6.07) is 4.84. The van der Waals surface area contributed by atoms with Gasteiger partial charge in [-0.15, -0.1) is 6.42 Å². The summed E-state index contributed by atoms with van der Waals surface area (Å²) in [5.41, 5.74) is -0.205. The first-order valence-electron chi connectivity index (χ1n) is 4.22. The Labute approximate surface area is 93.2 Å². The van der Waals surface area contributed by atoms with Crippen LogP contribution in [-0.2, 0) is 10.0 Å². The molecule has 0 radical (unpaired) electrons. The zero-order valence-electron chi connectivity index (χ0n) is 8.14. The van der Waals surface area contributed by atoms with Crippen LogP contribution in [0.25, 0.3) is 0 Å². The predicted octanol–water partition coefficient (Wildman–Crippen LogP) is -1.04. The summed E-state index contributed by atoms with van der Waals surface area (Å²) in [7, 11) is -3.76. The van der Waals surface area contributed by atoms with Crippen LogP contribution in [0.3, 0.4) is 0 Å². The van der Waals surface area contributed by atoms with Gasteiger partial charge in [0.05, 0.1) is 17.4 Å². The molecule has 1 aromatic rings. The monoisotopic (exact) mass is 238 g/mol. The molecule has 0 fully saturated rings. The average molecular weight is 238 g/mol. The van der Waals surface area contributed by atoms with Crippen LogP contribution in [0, 0.1) is 12.3 Å². The van der Waals surface area contributed by atoms with Crippen LogP contribution in [0.5, 0.6) is 0 Å². The molecule has 0 spiro atoms. The number of carbonyl (C=O) groups excluding carboxylic acids is 1. The van der Waals surface area contributed by atoms with Gasteiger partial charge in [-0.25, -0.2) is 8.42 Å². The minimum Gasteiger partial charge on any atom is -0.545 e. The highest BCUT2D eigenvalue weighted by atomic mass is 32.2. The molecule has 84 valence electrons. The molecular weight excluding hydrogens is 230 g/mol. The average Bonchev–Trinajstić information content (AvgIpc) is 2.26. The highest BCUT2D eigenvalue weighted by Crippen LogP contribution is 2.10. The first-order chi connectivity index (χ1) is 7.47. The van der Waals surface area contributed by atoms with E-state index in [1.165, 1.54) is 18.2 Å². The zero-order chi connectivity index (χ0) is 12.2. The van der Waals surface area contributed by atoms with Gasteiger partial charge < -0.3 is 9.90 Å². The Balaban J connectivity index is 3.10. The Hall–Kier alpha value is -1.84. The molecule has 6 heteroatoms. The van der Waals surface area contributed by atoms with Gasteiger partial charge in [-0.2, -0.15) is 4.72 Å². The van der Waals surface area contributed by atoms with Gasteiger partial charge in [0.15, 0.2) is 0 Å². The largest absolute Gasteiger partial charge is 0.545 e. The second-order valence-electron chi connectivity index (χ2n) is 2.84. The van der Waals surface area contributed by atoms with Crippen LogP contribution in [-0.4, -0.2) is 20.9 Å². The summed E-state index contributed by atoms with van der Waals surface area (Å²) in [6.45, 7) is -0.155. The summed E-state index contributed by atoms with van der Waals surface area (Å²) in [6.07, 6.45) is 4.91. The number of terminal acetylenes is 1. The van der Waals surface area contributed by atoms with Crippen molar-refractivity contribution in [1.29, 1.82) is 0 Å². The number of sulfonamides is 1. The van der Waals surface area contributed by atoms with E-state index < -0.39 is 16.0 Å². The highest BCUT2D eigenvalue weighted by Gasteiger charge is 2.13. The highest BCUT2D eigenvalue weighted by molar-refractivity contribution is 7.89. The Morgan fingerprint density at radius 2 is 2.19 bits per heavy atom. The molecule has 0 saturated heterocycles. The minimum absolute atomic E-state index is 0.155. The van der Waals surface area contributed by atoms with Crippen LogP contribution >= 0.6 is 0 Å². The van der Waals surface area contributed by atoms with E-state index in [-0.39, 0.29) is 17.0 Å². The Kier molecular flexibility index (Phi) is 3.66. The number of carbonyl (C=O) groups is 1. The smallest absolute Gasteiger partial charge is 0.241 e. The van der Waals surface area contributed by atoms with Crippen LogP contribution in [0.15, 0.2) is 29.2 Å². The number of rotatable bonds is 4. The molecule has 1 rings (SSSR count). The van der Waals surface area contributed by atoms with Crippen molar-refractivity contribution in [2.45, 2.75) is 4.90 Å². The van der Waals surface area contributed by atoms with Crippen molar-refractivity contribution in [1.82, 2.24) is 4.72 Å². The lowest BCUT2D eigenvalue weighted by Gasteiger charge is -2.06. The SMILES string of the molecule is C#CCNS(=O)(=O)c1cccc(C(=O)[O-])c1. The van der Waals surface area contributed by atoms with Crippen molar-refractivity contribution in [2.24, 2.45) is 0 Å². The van der Waals surface area contributed by atoms with E-state index in [0.29, 0.717) is 0 Å². The Morgan fingerprint density at radius 1 is 1.50 bits per heavy atom. The van der Waals surface area contributed by atoms with Gasteiger partial charge in [-0.3, -0.25) is 0 Å². The van der Waals surface area contributed by atoms with Crippen LogP contribution in [0.1, 0.15) is 10.4 Å². The standard InChI is InChI=1S/C10H9NO4S/c1-2-6-11-16(14,15)9-5-3-4-8(7-9)10(12)13/h1,3-5,7,11H,6H2,(H,12,13)/p-1. The van der Waals surface area contributed by atoms with Gasteiger partial charge in [0.1, 0.15) is 0 Å². The third kappa shape index (κ3) is 2.82. The fraction of sp³-hybridized carbons (Fsp3) is 0.100. The van der Waals surface area contributed by atoms with Gasteiger partial charge in [-0.05, 0) is 17.7 Å². The number of aromatic carboxylic acids is 1. The molecule has 0 aromatic heterocycles. The van der Waals surface area contributed by atoms with Gasteiger partial charge >= 0.3 is 0 Å². The topological polar surface area (TPSA) is 86.3 Å². The normalized spacial score (nSPS) is 10.7. The van der Waals surface area contributed by atoms with E-state index >= 15 is 0 Å². The van der Waals surface area contributed by atoms with E-state index in [1.807, 2.05) is 0 Å². The number of hydrogen-bond acceptors (Lipinski definition) is 4. The molecule has 1 N–H and O–H groups in total. The quantitative estimate of drug-likeness (QED) is 0.679. The second kappa shape index (κ2) is 4.79. The van der Waals surface area contributed by atoms with E-state index in [2.05, 4.69) is 10.6 Å². The second-order valence-corrected chi connectivity index (χ2v) is 4.61. The molecule has 0 bridgehead atoms. The summed E-state index contributed by atoms with van der Waals surface area (Å²) in [5, 5.41) is 10.5. The van der Waals surface area contributed by atoms with Crippen LogP contribution in [0.4, 0.5) is 0 Å². The predicted molar refractivity (Wildman–Crippen MR) is 54.8 cm³/mol. The number of carboxylic acid groups (broad SMARTS) is 1. The van der Waals surface area contributed by atoms with Gasteiger partial charge in [0.2, 0.25) is 10.0 Å². The molecule has 0 heterocycles. The van der Waals surface area contributed by atoms with Crippen molar-refractivity contribution in [2.75, 3.05) is 6.54 Å². The third-order valence-corrected chi connectivity index (χ3v) is 3.14. The molecule has 0 aliphatic rings. The molecule has 0 aliphatic heterocycles. The Bertz CT molecular complexity index is 542. The van der Waals surface area contributed by atoms with Gasteiger partial charge in [-0.1, -0.05) is 18.1 Å². The molecule has 0 unspecified atom stereocenters. The lowest BCUT2D eigenvalue weighted by Crippen LogP contribution is -2.25. The van der Waals surface area contributed by atoms with Gasteiger partial charge in [0.25, 0.3) is 0 Å². The van der Waals surface area contributed by atoms with Crippen molar-refractivity contribution < 1.29 is 18.3 Å². The molecule has 1 aromatic carbocycles. The number of hydrogen-bond donors (Lipinski definition) is 1. The fourth-order valence-electron chi connectivity index (χ4n) is 1.01. The van der Waals surface area contributed by atoms with Crippen molar-refractivity contribution in [3.63, 3.8) is 0 Å². The fourth-order valence-corrected chi connectivity index (χ4v) is 1.99. The Morgan fingerprint density at radius 3 is 2.75 bits per heavy atom. The molecule has 0 saturated carbocycles. The first kappa shape index (κ1) is 12.2.